The molecule has 0 unspecified atom stereocenters. The Morgan fingerprint density at radius 3 is 2.46 bits per heavy atom. The fraction of sp³-hybridized carbons (Fsp3) is 0.190. The van der Waals surface area contributed by atoms with Crippen LogP contribution in [0.3, 0.4) is 0 Å². The van der Waals surface area contributed by atoms with Gasteiger partial charge in [-0.15, -0.1) is 0 Å². The number of amides is 1. The maximum absolute atomic E-state index is 12.6. The van der Waals surface area contributed by atoms with Crippen LogP contribution in [0.25, 0.3) is 16.8 Å². The van der Waals surface area contributed by atoms with Gasteiger partial charge in [0.2, 0.25) is 0 Å². The summed E-state index contributed by atoms with van der Waals surface area (Å²) in [5.74, 6) is 0.973. The zero-order chi connectivity index (χ0) is 18.9. The van der Waals surface area contributed by atoms with Crippen molar-refractivity contribution in [2.45, 2.75) is 12.3 Å². The molecule has 1 amide bonds. The molecule has 4 aromatic rings. The van der Waals surface area contributed by atoms with Crippen molar-refractivity contribution in [2.24, 2.45) is 0 Å². The normalized spacial score (nSPS) is 16.6. The Balaban J connectivity index is 1.37. The molecule has 28 heavy (non-hydrogen) atoms. The highest BCUT2D eigenvalue weighted by Gasteiger charge is 2.30. The highest BCUT2D eigenvalue weighted by atomic mass is 16.2. The molecule has 0 bridgehead atoms. The average molecular weight is 370 g/mol. The van der Waals surface area contributed by atoms with Crippen molar-refractivity contribution in [3.63, 3.8) is 0 Å². The van der Waals surface area contributed by atoms with Gasteiger partial charge in [-0.1, -0.05) is 0 Å². The van der Waals surface area contributed by atoms with E-state index < -0.39 is 0 Å². The van der Waals surface area contributed by atoms with E-state index in [4.69, 9.17) is 0 Å². The summed E-state index contributed by atoms with van der Waals surface area (Å²) in [7, 11) is 0. The Bertz CT molecular complexity index is 1130. The molecule has 0 saturated carbocycles. The van der Waals surface area contributed by atoms with Gasteiger partial charge >= 0.3 is 0 Å². The maximum Gasteiger partial charge on any atom is 0.253 e. The zero-order valence-electron chi connectivity index (χ0n) is 15.1. The Morgan fingerprint density at radius 2 is 1.68 bits per heavy atom. The lowest BCUT2D eigenvalue weighted by molar-refractivity contribution is 0.0790. The quantitative estimate of drug-likeness (QED) is 0.554. The summed E-state index contributed by atoms with van der Waals surface area (Å²) in [6.07, 6.45) is 9.69. The number of likely N-dealkylation sites (tertiary alicyclic amines) is 1. The van der Waals surface area contributed by atoms with E-state index >= 15 is 0 Å². The number of aromatic nitrogens is 5. The predicted octanol–water partition coefficient (Wildman–Crippen LogP) is 2.82. The summed E-state index contributed by atoms with van der Waals surface area (Å²) in [6.45, 7) is 1.35. The second kappa shape index (κ2) is 6.84. The Morgan fingerprint density at radius 1 is 0.929 bits per heavy atom. The number of carbonyl (C=O) groups is 1. The molecule has 7 heteroatoms. The molecule has 1 aliphatic rings. The number of pyridine rings is 3. The van der Waals surface area contributed by atoms with Gasteiger partial charge < -0.3 is 4.90 Å². The van der Waals surface area contributed by atoms with E-state index in [1.165, 1.54) is 0 Å². The summed E-state index contributed by atoms with van der Waals surface area (Å²) in [6, 6.07) is 11.5. The minimum absolute atomic E-state index is 0.0358. The van der Waals surface area contributed by atoms with Crippen LogP contribution in [0, 0.1) is 0 Å². The molecule has 5 heterocycles. The molecule has 138 valence electrons. The van der Waals surface area contributed by atoms with Crippen LogP contribution in [0.4, 0.5) is 0 Å². The number of nitrogens with zero attached hydrogens (tertiary/aromatic N) is 6. The summed E-state index contributed by atoms with van der Waals surface area (Å²) in [5, 5.41) is 4.69. The van der Waals surface area contributed by atoms with Crippen LogP contribution in [-0.2, 0) is 0 Å². The third kappa shape index (κ3) is 3.00. The molecule has 1 fully saturated rings. The van der Waals surface area contributed by atoms with Crippen molar-refractivity contribution in [2.75, 3.05) is 13.1 Å². The minimum atomic E-state index is 0.0358. The van der Waals surface area contributed by atoms with Gasteiger partial charge in [-0.3, -0.25) is 14.8 Å². The van der Waals surface area contributed by atoms with Crippen LogP contribution in [0.1, 0.15) is 28.5 Å². The van der Waals surface area contributed by atoms with Crippen molar-refractivity contribution in [1.29, 1.82) is 0 Å². The molecule has 7 nitrogen and oxygen atoms in total. The van der Waals surface area contributed by atoms with E-state index in [-0.39, 0.29) is 11.8 Å². The highest BCUT2D eigenvalue weighted by Crippen LogP contribution is 2.27. The van der Waals surface area contributed by atoms with Crippen LogP contribution in [0.5, 0.6) is 0 Å². The SMILES string of the molecule is O=C(c1ccncc1)N1CC[C@@H](c2nc3ccc(-c4ccncc4)cn3n2)C1. The van der Waals surface area contributed by atoms with Crippen LogP contribution in [-0.4, -0.2) is 48.5 Å². The standard InChI is InChI=1S/C21H18N6O/c28-21(16-5-10-23-11-6-16)26-12-7-18(13-26)20-24-19-2-1-17(14-27(19)25-20)15-3-8-22-9-4-15/h1-6,8-11,14,18H,7,12-13H2/t18-/m1/s1. The van der Waals surface area contributed by atoms with Crippen molar-refractivity contribution in [1.82, 2.24) is 29.5 Å². The largest absolute Gasteiger partial charge is 0.338 e. The van der Waals surface area contributed by atoms with E-state index in [2.05, 4.69) is 20.1 Å². The molecule has 1 saturated heterocycles. The first-order valence-corrected chi connectivity index (χ1v) is 9.24. The topological polar surface area (TPSA) is 76.3 Å². The second-order valence-corrected chi connectivity index (χ2v) is 6.90. The first kappa shape index (κ1) is 16.6. The van der Waals surface area contributed by atoms with Gasteiger partial charge in [0.25, 0.3) is 5.91 Å². The number of rotatable bonds is 3. The van der Waals surface area contributed by atoms with Gasteiger partial charge in [0.05, 0.1) is 0 Å². The summed E-state index contributed by atoms with van der Waals surface area (Å²) < 4.78 is 1.82. The molecule has 0 radical (unpaired) electrons. The number of hydrogen-bond donors (Lipinski definition) is 0. The summed E-state index contributed by atoms with van der Waals surface area (Å²) >= 11 is 0. The molecule has 4 aromatic heterocycles. The molecule has 0 spiro atoms. The molecule has 5 rings (SSSR count). The molecular formula is C21H18N6O. The van der Waals surface area contributed by atoms with E-state index in [0.29, 0.717) is 18.7 Å². The summed E-state index contributed by atoms with van der Waals surface area (Å²) in [5.41, 5.74) is 3.63. The van der Waals surface area contributed by atoms with E-state index in [1.807, 2.05) is 39.9 Å². The van der Waals surface area contributed by atoms with Crippen LogP contribution in [0.15, 0.2) is 67.4 Å². The van der Waals surface area contributed by atoms with Crippen LogP contribution < -0.4 is 0 Å². The van der Waals surface area contributed by atoms with E-state index in [0.717, 1.165) is 29.0 Å². The van der Waals surface area contributed by atoms with Gasteiger partial charge in [-0.05, 0) is 48.4 Å². The van der Waals surface area contributed by atoms with Gasteiger partial charge in [-0.2, -0.15) is 5.10 Å². The molecule has 1 aliphatic heterocycles. The van der Waals surface area contributed by atoms with Gasteiger partial charge in [0.15, 0.2) is 11.5 Å². The lowest BCUT2D eigenvalue weighted by Gasteiger charge is -2.15. The van der Waals surface area contributed by atoms with E-state index in [9.17, 15) is 4.79 Å². The average Bonchev–Trinajstić information content (AvgIpc) is 3.41. The fourth-order valence-electron chi connectivity index (χ4n) is 3.62. The van der Waals surface area contributed by atoms with Gasteiger partial charge in [0.1, 0.15) is 0 Å². The molecular weight excluding hydrogens is 352 g/mol. The summed E-state index contributed by atoms with van der Waals surface area (Å²) in [4.78, 5) is 27.2. The Kier molecular flexibility index (Phi) is 4.05. The van der Waals surface area contributed by atoms with Crippen LogP contribution in [0.2, 0.25) is 0 Å². The molecule has 0 aromatic carbocycles. The lowest BCUT2D eigenvalue weighted by Crippen LogP contribution is -2.28. The lowest BCUT2D eigenvalue weighted by atomic mass is 10.1. The molecule has 1 atom stereocenters. The minimum Gasteiger partial charge on any atom is -0.338 e. The maximum atomic E-state index is 12.6. The van der Waals surface area contributed by atoms with Gasteiger partial charge in [0, 0.05) is 61.1 Å². The predicted molar refractivity (Wildman–Crippen MR) is 104 cm³/mol. The van der Waals surface area contributed by atoms with Crippen molar-refractivity contribution in [3.8, 4) is 11.1 Å². The molecule has 0 aliphatic carbocycles. The van der Waals surface area contributed by atoms with Crippen molar-refractivity contribution in [3.05, 3.63) is 78.8 Å². The number of fused-ring (bicyclic) bond motifs is 1. The third-order valence-corrected chi connectivity index (χ3v) is 5.13. The zero-order valence-corrected chi connectivity index (χ0v) is 15.1. The number of carbonyl (C=O) groups excluding carboxylic acids is 1. The first-order chi connectivity index (χ1) is 13.8. The monoisotopic (exact) mass is 370 g/mol. The second-order valence-electron chi connectivity index (χ2n) is 6.90. The number of hydrogen-bond acceptors (Lipinski definition) is 5. The first-order valence-electron chi connectivity index (χ1n) is 9.24. The van der Waals surface area contributed by atoms with Crippen molar-refractivity contribution >= 4 is 11.6 Å². The Labute approximate surface area is 161 Å². The Hall–Kier alpha value is -3.61. The van der Waals surface area contributed by atoms with Crippen LogP contribution >= 0.6 is 0 Å². The third-order valence-electron chi connectivity index (χ3n) is 5.13. The molecule has 0 N–H and O–H groups in total. The van der Waals surface area contributed by atoms with Gasteiger partial charge in [-0.25, -0.2) is 9.50 Å². The highest BCUT2D eigenvalue weighted by molar-refractivity contribution is 5.94. The van der Waals surface area contributed by atoms with Crippen molar-refractivity contribution < 1.29 is 4.79 Å². The fourth-order valence-corrected chi connectivity index (χ4v) is 3.62. The van der Waals surface area contributed by atoms with E-state index in [1.54, 1.807) is 36.9 Å². The smallest absolute Gasteiger partial charge is 0.253 e.